The average Bonchev–Trinajstić information content (AvgIpc) is 3.57. The first-order valence-electron chi connectivity index (χ1n) is 10.5. The Kier molecular flexibility index (Phi) is 4.86. The van der Waals surface area contributed by atoms with Crippen molar-refractivity contribution in [2.75, 3.05) is 24.7 Å². The minimum atomic E-state index is -0.124. The fraction of sp³-hybridized carbons (Fsp3) is 0.167. The number of benzene rings is 2. The van der Waals surface area contributed by atoms with Crippen LogP contribution in [-0.2, 0) is 4.74 Å². The summed E-state index contributed by atoms with van der Waals surface area (Å²) < 4.78 is 7.78. The Balaban J connectivity index is 1.50. The lowest BCUT2D eigenvalue weighted by Gasteiger charge is -2.36. The summed E-state index contributed by atoms with van der Waals surface area (Å²) in [4.78, 5) is 17.8. The minimum absolute atomic E-state index is 0.124. The van der Waals surface area contributed by atoms with Crippen LogP contribution in [0.1, 0.15) is 11.9 Å². The molecule has 32 heavy (non-hydrogen) atoms. The standard InChI is InChI=1S/C24H20N6OS/c1-2-7-17(8-3-1)30-24(25-16-26-30)20-15-31-13-12-29(20)23-18-9-4-5-10-19(18)27-22(28-23)21-11-6-14-32-21/h1-11,14,16,20H,12-13,15H2/t20-/m1/s1. The quantitative estimate of drug-likeness (QED) is 0.409. The SMILES string of the molecule is c1ccc(-n2ncnc2[C@H]2COCCN2c2nc(-c3cccs3)nc3ccccc23)cc1. The lowest BCUT2D eigenvalue weighted by Crippen LogP contribution is -2.41. The molecule has 1 saturated heterocycles. The van der Waals surface area contributed by atoms with E-state index < -0.39 is 0 Å². The normalized spacial score (nSPS) is 16.5. The van der Waals surface area contributed by atoms with Crippen LogP contribution >= 0.6 is 11.3 Å². The van der Waals surface area contributed by atoms with Crippen LogP contribution in [0.5, 0.6) is 0 Å². The number of fused-ring (bicyclic) bond motifs is 1. The van der Waals surface area contributed by atoms with Crippen LogP contribution in [0.4, 0.5) is 5.82 Å². The third kappa shape index (κ3) is 3.34. The predicted octanol–water partition coefficient (Wildman–Crippen LogP) is 4.52. The van der Waals surface area contributed by atoms with Gasteiger partial charge in [-0.15, -0.1) is 11.3 Å². The van der Waals surface area contributed by atoms with E-state index in [0.29, 0.717) is 19.8 Å². The van der Waals surface area contributed by atoms with E-state index in [-0.39, 0.29) is 6.04 Å². The fourth-order valence-electron chi connectivity index (χ4n) is 4.11. The zero-order chi connectivity index (χ0) is 21.3. The summed E-state index contributed by atoms with van der Waals surface area (Å²) in [6.45, 7) is 1.85. The first-order chi connectivity index (χ1) is 15.9. The molecule has 0 amide bonds. The maximum Gasteiger partial charge on any atom is 0.172 e. The first kappa shape index (κ1) is 19.1. The molecule has 0 aliphatic carbocycles. The number of anilines is 1. The van der Waals surface area contributed by atoms with Gasteiger partial charge in [-0.25, -0.2) is 19.6 Å². The van der Waals surface area contributed by atoms with Crippen LogP contribution in [-0.4, -0.2) is 44.5 Å². The van der Waals surface area contributed by atoms with Gasteiger partial charge in [0.15, 0.2) is 11.6 Å². The Morgan fingerprint density at radius 1 is 0.938 bits per heavy atom. The number of para-hydroxylation sites is 2. The van der Waals surface area contributed by atoms with Crippen LogP contribution in [0.25, 0.3) is 27.3 Å². The van der Waals surface area contributed by atoms with Crippen LogP contribution in [0.15, 0.2) is 78.4 Å². The van der Waals surface area contributed by atoms with E-state index in [0.717, 1.165) is 38.9 Å². The zero-order valence-corrected chi connectivity index (χ0v) is 18.0. The van der Waals surface area contributed by atoms with Crippen LogP contribution < -0.4 is 4.90 Å². The average molecular weight is 441 g/mol. The van der Waals surface area contributed by atoms with Gasteiger partial charge in [0.25, 0.3) is 0 Å². The van der Waals surface area contributed by atoms with Crippen molar-refractivity contribution in [2.24, 2.45) is 0 Å². The molecule has 1 fully saturated rings. The van der Waals surface area contributed by atoms with E-state index >= 15 is 0 Å². The van der Waals surface area contributed by atoms with E-state index in [2.05, 4.69) is 27.1 Å². The van der Waals surface area contributed by atoms with Crippen molar-refractivity contribution in [2.45, 2.75) is 6.04 Å². The molecule has 0 radical (unpaired) electrons. The van der Waals surface area contributed by atoms with Gasteiger partial charge in [0.2, 0.25) is 0 Å². The van der Waals surface area contributed by atoms with Gasteiger partial charge in [0, 0.05) is 11.9 Å². The lowest BCUT2D eigenvalue weighted by atomic mass is 10.1. The molecule has 4 heterocycles. The Morgan fingerprint density at radius 3 is 2.69 bits per heavy atom. The number of thiophene rings is 1. The number of ether oxygens (including phenoxy) is 1. The van der Waals surface area contributed by atoms with Gasteiger partial charge in [-0.1, -0.05) is 36.4 Å². The summed E-state index contributed by atoms with van der Waals surface area (Å²) in [5.74, 6) is 2.47. The van der Waals surface area contributed by atoms with Gasteiger partial charge < -0.3 is 9.64 Å². The van der Waals surface area contributed by atoms with Gasteiger partial charge in [0.05, 0.1) is 29.3 Å². The number of rotatable bonds is 4. The summed E-state index contributed by atoms with van der Waals surface area (Å²) in [7, 11) is 0. The summed E-state index contributed by atoms with van der Waals surface area (Å²) in [5.41, 5.74) is 1.90. The van der Waals surface area contributed by atoms with E-state index in [1.54, 1.807) is 17.7 Å². The molecule has 0 N–H and O–H groups in total. The first-order valence-corrected chi connectivity index (χ1v) is 11.4. The summed E-state index contributed by atoms with van der Waals surface area (Å²) in [6.07, 6.45) is 1.60. The van der Waals surface area contributed by atoms with Crippen molar-refractivity contribution in [1.29, 1.82) is 0 Å². The molecule has 5 aromatic rings. The van der Waals surface area contributed by atoms with Crippen LogP contribution in [0.3, 0.4) is 0 Å². The second-order valence-electron chi connectivity index (χ2n) is 7.51. The molecule has 0 unspecified atom stereocenters. The van der Waals surface area contributed by atoms with E-state index in [4.69, 9.17) is 14.7 Å². The highest BCUT2D eigenvalue weighted by atomic mass is 32.1. The molecule has 7 nitrogen and oxygen atoms in total. The van der Waals surface area contributed by atoms with Crippen molar-refractivity contribution >= 4 is 28.1 Å². The Morgan fingerprint density at radius 2 is 1.81 bits per heavy atom. The topological polar surface area (TPSA) is 69.0 Å². The molecule has 2 aromatic carbocycles. The number of hydrogen-bond donors (Lipinski definition) is 0. The monoisotopic (exact) mass is 440 g/mol. The predicted molar refractivity (Wildman–Crippen MR) is 125 cm³/mol. The van der Waals surface area contributed by atoms with Gasteiger partial charge >= 0.3 is 0 Å². The van der Waals surface area contributed by atoms with Crippen LogP contribution in [0.2, 0.25) is 0 Å². The maximum absolute atomic E-state index is 5.90. The van der Waals surface area contributed by atoms with Crippen molar-refractivity contribution in [1.82, 2.24) is 24.7 Å². The molecule has 0 spiro atoms. The second kappa shape index (κ2) is 8.14. The number of morpholine rings is 1. The third-order valence-electron chi connectivity index (χ3n) is 5.60. The molecule has 3 aromatic heterocycles. The van der Waals surface area contributed by atoms with Gasteiger partial charge in [0.1, 0.15) is 18.2 Å². The molecular weight excluding hydrogens is 420 g/mol. The number of hydrogen-bond acceptors (Lipinski definition) is 7. The molecule has 1 aliphatic heterocycles. The highest BCUT2D eigenvalue weighted by Gasteiger charge is 2.31. The summed E-state index contributed by atoms with van der Waals surface area (Å²) in [6, 6.07) is 22.2. The van der Waals surface area contributed by atoms with Crippen molar-refractivity contribution in [3.8, 4) is 16.4 Å². The highest BCUT2D eigenvalue weighted by Crippen LogP contribution is 2.35. The van der Waals surface area contributed by atoms with E-state index in [1.165, 1.54) is 0 Å². The largest absolute Gasteiger partial charge is 0.377 e. The van der Waals surface area contributed by atoms with Crippen LogP contribution in [0, 0.1) is 0 Å². The zero-order valence-electron chi connectivity index (χ0n) is 17.2. The molecule has 1 aliphatic rings. The molecule has 158 valence electrons. The van der Waals surface area contributed by atoms with Crippen molar-refractivity contribution in [3.63, 3.8) is 0 Å². The second-order valence-corrected chi connectivity index (χ2v) is 8.46. The van der Waals surface area contributed by atoms with Crippen molar-refractivity contribution < 1.29 is 4.74 Å². The van der Waals surface area contributed by atoms with Gasteiger partial charge in [-0.05, 0) is 35.7 Å². The van der Waals surface area contributed by atoms with Crippen molar-refractivity contribution in [3.05, 3.63) is 84.3 Å². The van der Waals surface area contributed by atoms with E-state index in [1.807, 2.05) is 64.7 Å². The molecule has 1 atom stereocenters. The Labute approximate surface area is 189 Å². The number of nitrogens with zero attached hydrogens (tertiary/aromatic N) is 6. The Hall–Kier alpha value is -3.62. The van der Waals surface area contributed by atoms with E-state index in [9.17, 15) is 0 Å². The summed E-state index contributed by atoms with van der Waals surface area (Å²) in [5, 5.41) is 7.57. The maximum atomic E-state index is 5.90. The lowest BCUT2D eigenvalue weighted by molar-refractivity contribution is 0.0908. The minimum Gasteiger partial charge on any atom is -0.377 e. The molecule has 0 saturated carbocycles. The molecule has 8 heteroatoms. The molecule has 0 bridgehead atoms. The molecular formula is C24H20N6OS. The highest BCUT2D eigenvalue weighted by molar-refractivity contribution is 7.13. The number of aromatic nitrogens is 5. The Bertz CT molecular complexity index is 1350. The third-order valence-corrected chi connectivity index (χ3v) is 6.46. The van der Waals surface area contributed by atoms with Gasteiger partial charge in [-0.3, -0.25) is 0 Å². The smallest absolute Gasteiger partial charge is 0.172 e. The van der Waals surface area contributed by atoms with Gasteiger partial charge in [-0.2, -0.15) is 5.10 Å². The molecule has 6 rings (SSSR count). The summed E-state index contributed by atoms with van der Waals surface area (Å²) >= 11 is 1.64. The fourth-order valence-corrected chi connectivity index (χ4v) is 4.77.